The molecule has 176 valence electrons. The molecule has 3 N–H and O–H groups in total. The van der Waals surface area contributed by atoms with Crippen LogP contribution in [0.3, 0.4) is 0 Å². The van der Waals surface area contributed by atoms with Crippen LogP contribution in [0.25, 0.3) is 11.3 Å². The Hall–Kier alpha value is -2.26. The molecule has 0 saturated carbocycles. The number of halogens is 2. The van der Waals surface area contributed by atoms with Gasteiger partial charge >= 0.3 is 0 Å². The van der Waals surface area contributed by atoms with Crippen molar-refractivity contribution in [3.05, 3.63) is 40.3 Å². The molecule has 0 radical (unpaired) electrons. The van der Waals surface area contributed by atoms with E-state index in [0.29, 0.717) is 46.0 Å². The highest BCUT2D eigenvalue weighted by Gasteiger charge is 2.28. The van der Waals surface area contributed by atoms with E-state index in [1.807, 2.05) is 6.08 Å². The molecule has 0 aromatic carbocycles. The lowest BCUT2D eigenvalue weighted by Crippen LogP contribution is -2.36. The molecule has 2 aliphatic rings. The first-order valence-electron chi connectivity index (χ1n) is 11.1. The third kappa shape index (κ3) is 6.20. The molecule has 1 saturated heterocycles. The minimum Gasteiger partial charge on any atom is -0.376 e. The predicted octanol–water partition coefficient (Wildman–Crippen LogP) is 4.32. The van der Waals surface area contributed by atoms with E-state index in [4.69, 9.17) is 27.9 Å². The van der Waals surface area contributed by atoms with Crippen molar-refractivity contribution >= 4 is 40.7 Å². The molecule has 2 aromatic rings. The summed E-state index contributed by atoms with van der Waals surface area (Å²) in [7, 11) is 0. The van der Waals surface area contributed by atoms with Gasteiger partial charge in [-0.05, 0) is 51.6 Å². The molecule has 0 spiro atoms. The van der Waals surface area contributed by atoms with Gasteiger partial charge in [0.1, 0.15) is 17.3 Å². The summed E-state index contributed by atoms with van der Waals surface area (Å²) in [6.07, 6.45) is 7.80. The highest BCUT2D eigenvalue weighted by atomic mass is 35.5. The Labute approximate surface area is 203 Å². The summed E-state index contributed by atoms with van der Waals surface area (Å²) in [5, 5.41) is 9.96. The van der Waals surface area contributed by atoms with E-state index in [2.05, 4.69) is 44.7 Å². The number of nitrogens with one attached hydrogen (secondary N) is 3. The Morgan fingerprint density at radius 2 is 2.12 bits per heavy atom. The topological polar surface area (TPSA) is 101 Å². The van der Waals surface area contributed by atoms with Crippen molar-refractivity contribution in [3.63, 3.8) is 0 Å². The summed E-state index contributed by atoms with van der Waals surface area (Å²) in [5.74, 6) is 1.25. The molecule has 4 heterocycles. The SMILES string of the molecule is CC1(C)C[C@H](CNc2cnc(Cl)c(-c3cc(NC(=O)C4=CCCNC4)ncc3Cl)n2)CCO1. The lowest BCUT2D eigenvalue weighted by molar-refractivity contribution is -0.113. The van der Waals surface area contributed by atoms with Gasteiger partial charge in [-0.1, -0.05) is 29.3 Å². The third-order valence-corrected chi connectivity index (χ3v) is 6.35. The predicted molar refractivity (Wildman–Crippen MR) is 131 cm³/mol. The van der Waals surface area contributed by atoms with Crippen LogP contribution in [0, 0.1) is 5.92 Å². The fourth-order valence-electron chi connectivity index (χ4n) is 4.11. The van der Waals surface area contributed by atoms with Gasteiger partial charge in [-0.2, -0.15) is 0 Å². The molecule has 0 bridgehead atoms. The van der Waals surface area contributed by atoms with Crippen molar-refractivity contribution in [2.24, 2.45) is 5.92 Å². The van der Waals surface area contributed by atoms with Crippen molar-refractivity contribution in [1.82, 2.24) is 20.3 Å². The lowest BCUT2D eigenvalue weighted by atomic mass is 9.88. The largest absolute Gasteiger partial charge is 0.376 e. The van der Waals surface area contributed by atoms with E-state index in [1.54, 1.807) is 12.3 Å². The van der Waals surface area contributed by atoms with Gasteiger partial charge in [0, 0.05) is 37.0 Å². The lowest BCUT2D eigenvalue weighted by Gasteiger charge is -2.35. The molecular formula is C23H28Cl2N6O2. The fourth-order valence-corrected chi connectivity index (χ4v) is 4.50. The second-order valence-electron chi connectivity index (χ2n) is 8.94. The van der Waals surface area contributed by atoms with E-state index in [-0.39, 0.29) is 16.7 Å². The van der Waals surface area contributed by atoms with Crippen LogP contribution >= 0.6 is 23.2 Å². The smallest absolute Gasteiger partial charge is 0.253 e. The number of ether oxygens (including phenoxy) is 1. The number of carbonyl (C=O) groups excluding carboxylic acids is 1. The minimum atomic E-state index is -0.199. The number of amides is 1. The van der Waals surface area contributed by atoms with E-state index in [0.717, 1.165) is 39.0 Å². The number of aromatic nitrogens is 3. The van der Waals surface area contributed by atoms with Gasteiger partial charge in [-0.25, -0.2) is 15.0 Å². The molecule has 4 rings (SSSR count). The molecule has 8 nitrogen and oxygen atoms in total. The number of hydrogen-bond donors (Lipinski definition) is 3. The van der Waals surface area contributed by atoms with Crippen molar-refractivity contribution in [2.45, 2.75) is 38.7 Å². The first-order chi connectivity index (χ1) is 15.8. The zero-order valence-corrected chi connectivity index (χ0v) is 20.3. The average Bonchev–Trinajstić information content (AvgIpc) is 2.80. The van der Waals surface area contributed by atoms with Crippen LogP contribution in [0.15, 0.2) is 30.1 Å². The fraction of sp³-hybridized carbons (Fsp3) is 0.478. The van der Waals surface area contributed by atoms with Crippen LogP contribution in [0.2, 0.25) is 10.2 Å². The number of nitrogens with zero attached hydrogens (tertiary/aromatic N) is 3. The molecule has 1 fully saturated rings. The molecule has 0 aliphatic carbocycles. The maximum atomic E-state index is 12.5. The molecule has 0 unspecified atom stereocenters. The van der Waals surface area contributed by atoms with Gasteiger partial charge in [0.25, 0.3) is 5.91 Å². The standard InChI is InChI=1S/C23H28Cl2N6O2/c1-23(2)9-14(5-7-33-23)10-27-19-13-29-21(25)20(30-19)16-8-18(28-12-17(16)24)31-22(32)15-4-3-6-26-11-15/h4,8,12-14,26H,3,5-7,9-11H2,1-2H3,(H,27,30)(H,28,31,32)/t14-/m1/s1. The van der Waals surface area contributed by atoms with Crippen LogP contribution in [-0.2, 0) is 9.53 Å². The van der Waals surface area contributed by atoms with Crippen LogP contribution in [-0.4, -0.2) is 52.7 Å². The second kappa shape index (κ2) is 10.3. The quantitative estimate of drug-likeness (QED) is 0.553. The molecule has 1 atom stereocenters. The Bertz CT molecular complexity index is 1060. The molecule has 1 amide bonds. The monoisotopic (exact) mass is 490 g/mol. The Morgan fingerprint density at radius 3 is 2.88 bits per heavy atom. The van der Waals surface area contributed by atoms with Crippen LogP contribution in [0.5, 0.6) is 0 Å². The molecule has 2 aromatic heterocycles. The summed E-state index contributed by atoms with van der Waals surface area (Å²) in [6, 6.07) is 1.66. The average molecular weight is 491 g/mol. The third-order valence-electron chi connectivity index (χ3n) is 5.77. The zero-order chi connectivity index (χ0) is 23.4. The van der Waals surface area contributed by atoms with Crippen molar-refractivity contribution in [2.75, 3.05) is 36.9 Å². The summed E-state index contributed by atoms with van der Waals surface area (Å²) in [6.45, 7) is 7.14. The maximum Gasteiger partial charge on any atom is 0.253 e. The highest BCUT2D eigenvalue weighted by Crippen LogP contribution is 2.33. The number of pyridine rings is 1. The van der Waals surface area contributed by atoms with Gasteiger partial charge in [0.15, 0.2) is 5.15 Å². The van der Waals surface area contributed by atoms with Crippen LogP contribution in [0.4, 0.5) is 11.6 Å². The first-order valence-corrected chi connectivity index (χ1v) is 11.8. The van der Waals surface area contributed by atoms with Gasteiger partial charge in [0.05, 0.1) is 16.8 Å². The second-order valence-corrected chi connectivity index (χ2v) is 9.71. The van der Waals surface area contributed by atoms with Gasteiger partial charge in [-0.15, -0.1) is 0 Å². The summed E-state index contributed by atoms with van der Waals surface area (Å²) in [4.78, 5) is 25.7. The van der Waals surface area contributed by atoms with Crippen molar-refractivity contribution in [1.29, 1.82) is 0 Å². The van der Waals surface area contributed by atoms with E-state index >= 15 is 0 Å². The molecule has 2 aliphatic heterocycles. The molecule has 10 heteroatoms. The van der Waals surface area contributed by atoms with Gasteiger partial charge < -0.3 is 20.7 Å². The number of hydrogen-bond acceptors (Lipinski definition) is 7. The van der Waals surface area contributed by atoms with Crippen LogP contribution < -0.4 is 16.0 Å². The van der Waals surface area contributed by atoms with Crippen molar-refractivity contribution in [3.8, 4) is 11.3 Å². The van der Waals surface area contributed by atoms with Crippen molar-refractivity contribution < 1.29 is 9.53 Å². The summed E-state index contributed by atoms with van der Waals surface area (Å²) >= 11 is 12.8. The number of rotatable bonds is 6. The highest BCUT2D eigenvalue weighted by molar-refractivity contribution is 6.35. The summed E-state index contributed by atoms with van der Waals surface area (Å²) in [5.41, 5.74) is 1.54. The number of anilines is 2. The minimum absolute atomic E-state index is 0.115. The first kappa shape index (κ1) is 23.9. The normalized spacial score (nSPS) is 20.1. The van der Waals surface area contributed by atoms with E-state index < -0.39 is 0 Å². The zero-order valence-electron chi connectivity index (χ0n) is 18.8. The van der Waals surface area contributed by atoms with Gasteiger partial charge in [-0.3, -0.25) is 4.79 Å². The number of carbonyl (C=O) groups is 1. The summed E-state index contributed by atoms with van der Waals surface area (Å²) < 4.78 is 5.80. The molecular weight excluding hydrogens is 463 g/mol. The maximum absolute atomic E-state index is 12.5. The van der Waals surface area contributed by atoms with Crippen LogP contribution in [0.1, 0.15) is 33.1 Å². The van der Waals surface area contributed by atoms with E-state index in [9.17, 15) is 4.79 Å². The Kier molecular flexibility index (Phi) is 7.48. The Balaban J connectivity index is 1.50. The van der Waals surface area contributed by atoms with Gasteiger partial charge in [0.2, 0.25) is 0 Å². The molecule has 33 heavy (non-hydrogen) atoms. The Morgan fingerprint density at radius 1 is 1.27 bits per heavy atom. The van der Waals surface area contributed by atoms with E-state index in [1.165, 1.54) is 6.20 Å².